The maximum atomic E-state index is 3.62. The van der Waals surface area contributed by atoms with Gasteiger partial charge in [-0.1, -0.05) is 40.5 Å². The molecule has 0 spiro atoms. The van der Waals surface area contributed by atoms with Crippen molar-refractivity contribution in [1.82, 2.24) is 10.2 Å². The number of likely N-dealkylation sites (tertiary alicyclic amines) is 1. The predicted molar refractivity (Wildman–Crippen MR) is 76.4 cm³/mol. The second-order valence-corrected chi connectivity index (χ2v) is 6.39. The van der Waals surface area contributed by atoms with Crippen LogP contribution in [0, 0.1) is 5.41 Å². The molecule has 1 saturated heterocycles. The largest absolute Gasteiger partial charge is 0.314 e. The summed E-state index contributed by atoms with van der Waals surface area (Å²) in [6.45, 7) is 14.3. The summed E-state index contributed by atoms with van der Waals surface area (Å²) in [6.07, 6.45) is 6.94. The van der Waals surface area contributed by atoms with Crippen LogP contribution in [-0.4, -0.2) is 37.1 Å². The van der Waals surface area contributed by atoms with Crippen LogP contribution in [0.15, 0.2) is 0 Å². The van der Waals surface area contributed by atoms with Crippen molar-refractivity contribution >= 4 is 0 Å². The Morgan fingerprint density at radius 3 is 2.18 bits per heavy atom. The van der Waals surface area contributed by atoms with E-state index in [0.717, 1.165) is 6.54 Å². The summed E-state index contributed by atoms with van der Waals surface area (Å²) in [4.78, 5) is 2.69. The lowest BCUT2D eigenvalue weighted by atomic mass is 9.86. The molecule has 1 unspecified atom stereocenters. The van der Waals surface area contributed by atoms with E-state index >= 15 is 0 Å². The molecule has 2 heteroatoms. The van der Waals surface area contributed by atoms with Crippen molar-refractivity contribution in [2.45, 2.75) is 65.8 Å². The lowest BCUT2D eigenvalue weighted by Crippen LogP contribution is -2.44. The standard InChI is InChI=1S/C15H32N2/c1-5-15(4,12-16-14(2)3)13-17-10-8-6-7-9-11-17/h14,16H,5-13H2,1-4H3. The fourth-order valence-electron chi connectivity index (χ4n) is 2.58. The Balaban J connectivity index is 2.42. The fourth-order valence-corrected chi connectivity index (χ4v) is 2.58. The van der Waals surface area contributed by atoms with Crippen LogP contribution in [0.2, 0.25) is 0 Å². The van der Waals surface area contributed by atoms with Crippen LogP contribution in [0.3, 0.4) is 0 Å². The zero-order chi connectivity index (χ0) is 12.7. The molecule has 1 aliphatic rings. The molecule has 1 aliphatic heterocycles. The summed E-state index contributed by atoms with van der Waals surface area (Å²) in [6, 6.07) is 0.602. The molecule has 0 bridgehead atoms. The van der Waals surface area contributed by atoms with Crippen LogP contribution in [0.25, 0.3) is 0 Å². The molecule has 102 valence electrons. The van der Waals surface area contributed by atoms with E-state index in [2.05, 4.69) is 37.9 Å². The Morgan fingerprint density at radius 1 is 1.12 bits per heavy atom. The number of nitrogens with zero attached hydrogens (tertiary/aromatic N) is 1. The molecule has 1 N–H and O–H groups in total. The van der Waals surface area contributed by atoms with E-state index in [1.54, 1.807) is 0 Å². The monoisotopic (exact) mass is 240 g/mol. The maximum absolute atomic E-state index is 3.62. The van der Waals surface area contributed by atoms with E-state index in [1.165, 1.54) is 51.7 Å². The normalized spacial score (nSPS) is 22.4. The first-order valence-electron chi connectivity index (χ1n) is 7.51. The molecular formula is C15H32N2. The molecule has 0 aromatic carbocycles. The molecule has 1 atom stereocenters. The van der Waals surface area contributed by atoms with Gasteiger partial charge in [0.25, 0.3) is 0 Å². The zero-order valence-corrected chi connectivity index (χ0v) is 12.4. The molecular weight excluding hydrogens is 208 g/mol. The van der Waals surface area contributed by atoms with E-state index in [0.29, 0.717) is 11.5 Å². The third-order valence-electron chi connectivity index (χ3n) is 4.09. The molecule has 1 heterocycles. The number of hydrogen-bond donors (Lipinski definition) is 1. The maximum Gasteiger partial charge on any atom is 0.00474 e. The smallest absolute Gasteiger partial charge is 0.00474 e. The molecule has 0 aromatic rings. The van der Waals surface area contributed by atoms with Crippen molar-refractivity contribution in [3.63, 3.8) is 0 Å². The highest BCUT2D eigenvalue weighted by Crippen LogP contribution is 2.23. The summed E-state index contributed by atoms with van der Waals surface area (Å²) in [7, 11) is 0. The van der Waals surface area contributed by atoms with E-state index < -0.39 is 0 Å². The van der Waals surface area contributed by atoms with Gasteiger partial charge in [0.05, 0.1) is 0 Å². The van der Waals surface area contributed by atoms with Gasteiger partial charge in [-0.2, -0.15) is 0 Å². The number of hydrogen-bond acceptors (Lipinski definition) is 2. The molecule has 0 amide bonds. The van der Waals surface area contributed by atoms with Gasteiger partial charge >= 0.3 is 0 Å². The lowest BCUT2D eigenvalue weighted by molar-refractivity contribution is 0.156. The second kappa shape index (κ2) is 7.38. The van der Waals surface area contributed by atoms with Crippen LogP contribution in [0.1, 0.15) is 59.8 Å². The van der Waals surface area contributed by atoms with Crippen LogP contribution >= 0.6 is 0 Å². The van der Waals surface area contributed by atoms with Gasteiger partial charge in [-0.05, 0) is 37.8 Å². The first kappa shape index (κ1) is 15.0. The Hall–Kier alpha value is -0.0800. The van der Waals surface area contributed by atoms with Crippen molar-refractivity contribution in [1.29, 1.82) is 0 Å². The van der Waals surface area contributed by atoms with Crippen LogP contribution in [0.5, 0.6) is 0 Å². The topological polar surface area (TPSA) is 15.3 Å². The number of nitrogens with one attached hydrogen (secondary N) is 1. The van der Waals surface area contributed by atoms with Gasteiger partial charge in [0.2, 0.25) is 0 Å². The molecule has 17 heavy (non-hydrogen) atoms. The highest BCUT2D eigenvalue weighted by molar-refractivity contribution is 4.81. The Labute approximate surface area is 108 Å². The van der Waals surface area contributed by atoms with Crippen molar-refractivity contribution in [3.8, 4) is 0 Å². The average molecular weight is 240 g/mol. The summed E-state index contributed by atoms with van der Waals surface area (Å²) >= 11 is 0. The van der Waals surface area contributed by atoms with Crippen LogP contribution in [-0.2, 0) is 0 Å². The average Bonchev–Trinajstić information content (AvgIpc) is 2.55. The SMILES string of the molecule is CCC(C)(CNC(C)C)CN1CCCCCC1. The molecule has 1 rings (SSSR count). The van der Waals surface area contributed by atoms with E-state index in [-0.39, 0.29) is 0 Å². The van der Waals surface area contributed by atoms with Crippen molar-refractivity contribution < 1.29 is 0 Å². The fraction of sp³-hybridized carbons (Fsp3) is 1.00. The summed E-state index contributed by atoms with van der Waals surface area (Å²) in [5.74, 6) is 0. The first-order chi connectivity index (χ1) is 8.06. The molecule has 0 aliphatic carbocycles. The Bertz CT molecular complexity index is 195. The van der Waals surface area contributed by atoms with Crippen molar-refractivity contribution in [2.24, 2.45) is 5.41 Å². The lowest BCUT2D eigenvalue weighted by Gasteiger charge is -2.35. The molecule has 0 saturated carbocycles. The highest BCUT2D eigenvalue weighted by Gasteiger charge is 2.25. The summed E-state index contributed by atoms with van der Waals surface area (Å²) in [5, 5.41) is 3.62. The predicted octanol–water partition coefficient (Wildman–Crippen LogP) is 3.28. The molecule has 0 aromatic heterocycles. The first-order valence-corrected chi connectivity index (χ1v) is 7.51. The Morgan fingerprint density at radius 2 is 1.71 bits per heavy atom. The van der Waals surface area contributed by atoms with Gasteiger partial charge in [0, 0.05) is 19.1 Å². The van der Waals surface area contributed by atoms with E-state index in [9.17, 15) is 0 Å². The van der Waals surface area contributed by atoms with Gasteiger partial charge in [0.1, 0.15) is 0 Å². The number of rotatable bonds is 6. The quantitative estimate of drug-likeness (QED) is 0.766. The van der Waals surface area contributed by atoms with E-state index in [1.807, 2.05) is 0 Å². The van der Waals surface area contributed by atoms with Gasteiger partial charge < -0.3 is 10.2 Å². The molecule has 1 fully saturated rings. The second-order valence-electron chi connectivity index (χ2n) is 6.39. The minimum Gasteiger partial charge on any atom is -0.314 e. The molecule has 2 nitrogen and oxygen atoms in total. The Kier molecular flexibility index (Phi) is 6.50. The van der Waals surface area contributed by atoms with Crippen LogP contribution < -0.4 is 5.32 Å². The third kappa shape index (κ3) is 5.87. The van der Waals surface area contributed by atoms with Gasteiger partial charge in [-0.3, -0.25) is 0 Å². The van der Waals surface area contributed by atoms with Gasteiger partial charge in [-0.25, -0.2) is 0 Å². The third-order valence-corrected chi connectivity index (χ3v) is 4.09. The minimum atomic E-state index is 0.439. The summed E-state index contributed by atoms with van der Waals surface area (Å²) in [5.41, 5.74) is 0.439. The summed E-state index contributed by atoms with van der Waals surface area (Å²) < 4.78 is 0. The zero-order valence-electron chi connectivity index (χ0n) is 12.4. The minimum absolute atomic E-state index is 0.439. The van der Waals surface area contributed by atoms with E-state index in [4.69, 9.17) is 0 Å². The van der Waals surface area contributed by atoms with Gasteiger partial charge in [0.15, 0.2) is 0 Å². The molecule has 0 radical (unpaired) electrons. The highest BCUT2D eigenvalue weighted by atomic mass is 15.1. The van der Waals surface area contributed by atoms with Gasteiger partial charge in [-0.15, -0.1) is 0 Å². The van der Waals surface area contributed by atoms with Crippen molar-refractivity contribution in [2.75, 3.05) is 26.2 Å². The van der Waals surface area contributed by atoms with Crippen molar-refractivity contribution in [3.05, 3.63) is 0 Å². The van der Waals surface area contributed by atoms with Crippen LogP contribution in [0.4, 0.5) is 0 Å².